The van der Waals surface area contributed by atoms with Crippen LogP contribution >= 0.6 is 0 Å². The molecule has 0 fully saturated rings. The molecule has 0 bridgehead atoms. The molecule has 0 spiro atoms. The van der Waals surface area contributed by atoms with Gasteiger partial charge in [-0.3, -0.25) is 15.5 Å². The second-order valence-electron chi connectivity index (χ2n) is 4.88. The molecule has 0 radical (unpaired) electrons. The number of fused-ring (bicyclic) bond motifs is 1. The molecule has 0 unspecified atom stereocenters. The number of aromatic amines is 1. The van der Waals surface area contributed by atoms with Crippen LogP contribution in [0, 0.1) is 17.0 Å². The zero-order valence-electron chi connectivity index (χ0n) is 11.9. The molecule has 22 heavy (non-hydrogen) atoms. The predicted molar refractivity (Wildman–Crippen MR) is 87.3 cm³/mol. The number of hydrogen-bond acceptors (Lipinski definition) is 4. The van der Waals surface area contributed by atoms with E-state index in [2.05, 4.69) is 15.5 Å². The SMILES string of the molecule is Cc1[nH]c2ccccc2c1/C=N\Nc1ccc([N+](=O)[O-])cc1. The van der Waals surface area contributed by atoms with E-state index in [1.54, 1.807) is 18.3 Å². The average molecular weight is 294 g/mol. The number of H-pyrrole nitrogens is 1. The Bertz CT molecular complexity index is 850. The highest BCUT2D eigenvalue weighted by Crippen LogP contribution is 2.20. The molecule has 3 aromatic rings. The van der Waals surface area contributed by atoms with Crippen molar-refractivity contribution in [1.29, 1.82) is 0 Å². The predicted octanol–water partition coefficient (Wildman–Crippen LogP) is 3.83. The van der Waals surface area contributed by atoms with E-state index in [-0.39, 0.29) is 5.69 Å². The third kappa shape index (κ3) is 2.67. The van der Waals surface area contributed by atoms with Crippen LogP contribution in [0.25, 0.3) is 10.9 Å². The number of non-ortho nitro benzene ring substituents is 1. The molecular formula is C16H14N4O2. The van der Waals surface area contributed by atoms with Crippen molar-refractivity contribution in [3.8, 4) is 0 Å². The van der Waals surface area contributed by atoms with E-state index in [4.69, 9.17) is 0 Å². The zero-order valence-corrected chi connectivity index (χ0v) is 11.9. The summed E-state index contributed by atoms with van der Waals surface area (Å²) in [5.41, 5.74) is 6.75. The first kappa shape index (κ1) is 13.8. The van der Waals surface area contributed by atoms with Gasteiger partial charge in [-0.2, -0.15) is 5.10 Å². The van der Waals surface area contributed by atoms with E-state index in [1.807, 2.05) is 31.2 Å². The number of hydrazone groups is 1. The largest absolute Gasteiger partial charge is 0.358 e. The quantitative estimate of drug-likeness (QED) is 0.436. The van der Waals surface area contributed by atoms with Crippen LogP contribution in [0.1, 0.15) is 11.3 Å². The third-order valence-corrected chi connectivity index (χ3v) is 3.41. The van der Waals surface area contributed by atoms with E-state index in [0.29, 0.717) is 5.69 Å². The Labute approximate surface area is 126 Å². The van der Waals surface area contributed by atoms with Crippen molar-refractivity contribution >= 4 is 28.5 Å². The summed E-state index contributed by atoms with van der Waals surface area (Å²) in [6, 6.07) is 14.1. The summed E-state index contributed by atoms with van der Waals surface area (Å²) in [5.74, 6) is 0. The van der Waals surface area contributed by atoms with Crippen molar-refractivity contribution in [3.05, 3.63) is 69.9 Å². The molecule has 1 heterocycles. The second kappa shape index (κ2) is 5.69. The van der Waals surface area contributed by atoms with Gasteiger partial charge in [0, 0.05) is 34.3 Å². The first-order valence-corrected chi connectivity index (χ1v) is 6.76. The summed E-state index contributed by atoms with van der Waals surface area (Å²) in [6.07, 6.45) is 1.75. The summed E-state index contributed by atoms with van der Waals surface area (Å²) in [7, 11) is 0. The van der Waals surface area contributed by atoms with Gasteiger partial charge in [-0.05, 0) is 25.1 Å². The minimum Gasteiger partial charge on any atom is -0.358 e. The molecule has 0 aliphatic heterocycles. The number of benzene rings is 2. The Hall–Kier alpha value is -3.15. The minimum atomic E-state index is -0.428. The van der Waals surface area contributed by atoms with Gasteiger partial charge in [0.05, 0.1) is 16.8 Å². The summed E-state index contributed by atoms with van der Waals surface area (Å²) in [5, 5.41) is 15.9. The average Bonchev–Trinajstić information content (AvgIpc) is 2.84. The van der Waals surface area contributed by atoms with E-state index in [9.17, 15) is 10.1 Å². The van der Waals surface area contributed by atoms with Gasteiger partial charge in [-0.15, -0.1) is 0 Å². The van der Waals surface area contributed by atoms with Gasteiger partial charge < -0.3 is 4.98 Å². The van der Waals surface area contributed by atoms with Gasteiger partial charge in [-0.25, -0.2) is 0 Å². The van der Waals surface area contributed by atoms with Gasteiger partial charge in [0.25, 0.3) is 5.69 Å². The third-order valence-electron chi connectivity index (χ3n) is 3.41. The molecule has 0 atom stereocenters. The standard InChI is InChI=1S/C16H14N4O2/c1-11-15(14-4-2-3-5-16(14)18-11)10-17-19-12-6-8-13(9-7-12)20(21)22/h2-10,18-19H,1H3/b17-10-. The zero-order chi connectivity index (χ0) is 15.5. The van der Waals surface area contributed by atoms with Crippen LogP contribution in [-0.4, -0.2) is 16.1 Å². The molecule has 6 heteroatoms. The Kier molecular flexibility index (Phi) is 3.57. The number of nitrogens with one attached hydrogen (secondary N) is 2. The first-order valence-electron chi connectivity index (χ1n) is 6.76. The summed E-state index contributed by atoms with van der Waals surface area (Å²) in [6.45, 7) is 1.99. The molecule has 0 saturated heterocycles. The normalized spacial score (nSPS) is 11.1. The molecule has 1 aromatic heterocycles. The molecule has 6 nitrogen and oxygen atoms in total. The molecular weight excluding hydrogens is 280 g/mol. The van der Waals surface area contributed by atoms with Crippen molar-refractivity contribution in [2.75, 3.05) is 5.43 Å². The van der Waals surface area contributed by atoms with E-state index >= 15 is 0 Å². The fourth-order valence-electron chi connectivity index (χ4n) is 2.29. The van der Waals surface area contributed by atoms with E-state index in [1.165, 1.54) is 12.1 Å². The van der Waals surface area contributed by atoms with E-state index in [0.717, 1.165) is 22.2 Å². The number of nitro groups is 1. The van der Waals surface area contributed by atoms with Crippen LogP contribution in [0.2, 0.25) is 0 Å². The van der Waals surface area contributed by atoms with Gasteiger partial charge in [-0.1, -0.05) is 18.2 Å². The second-order valence-corrected chi connectivity index (χ2v) is 4.88. The molecule has 0 amide bonds. The molecule has 110 valence electrons. The van der Waals surface area contributed by atoms with Crippen LogP contribution in [0.3, 0.4) is 0 Å². The number of nitro benzene ring substituents is 1. The van der Waals surface area contributed by atoms with Crippen molar-refractivity contribution in [3.63, 3.8) is 0 Å². The summed E-state index contributed by atoms with van der Waals surface area (Å²) in [4.78, 5) is 13.5. The van der Waals surface area contributed by atoms with Crippen molar-refractivity contribution < 1.29 is 4.92 Å². The number of nitrogens with zero attached hydrogens (tertiary/aromatic N) is 2. The summed E-state index contributed by atoms with van der Waals surface area (Å²) >= 11 is 0. The van der Waals surface area contributed by atoms with Gasteiger partial charge in [0.1, 0.15) is 0 Å². The van der Waals surface area contributed by atoms with Crippen LogP contribution in [0.15, 0.2) is 53.6 Å². The van der Waals surface area contributed by atoms with Crippen molar-refractivity contribution in [2.45, 2.75) is 6.92 Å². The van der Waals surface area contributed by atoms with Crippen molar-refractivity contribution in [2.24, 2.45) is 5.10 Å². The Morgan fingerprint density at radius 3 is 2.64 bits per heavy atom. The number of hydrogen-bond donors (Lipinski definition) is 2. The monoisotopic (exact) mass is 294 g/mol. The van der Waals surface area contributed by atoms with Crippen LogP contribution in [0.5, 0.6) is 0 Å². The lowest BCUT2D eigenvalue weighted by atomic mass is 10.1. The van der Waals surface area contributed by atoms with Gasteiger partial charge >= 0.3 is 0 Å². The maximum atomic E-state index is 10.6. The highest BCUT2D eigenvalue weighted by Gasteiger charge is 2.05. The molecule has 0 aliphatic rings. The first-order chi connectivity index (χ1) is 10.6. The van der Waals surface area contributed by atoms with Crippen LogP contribution < -0.4 is 5.43 Å². The topological polar surface area (TPSA) is 83.3 Å². The van der Waals surface area contributed by atoms with Gasteiger partial charge in [0.2, 0.25) is 0 Å². The van der Waals surface area contributed by atoms with Crippen LogP contribution in [0.4, 0.5) is 11.4 Å². The number of aryl methyl sites for hydroxylation is 1. The Morgan fingerprint density at radius 2 is 1.91 bits per heavy atom. The van der Waals surface area contributed by atoms with Crippen LogP contribution in [-0.2, 0) is 0 Å². The Morgan fingerprint density at radius 1 is 1.18 bits per heavy atom. The lowest BCUT2D eigenvalue weighted by molar-refractivity contribution is -0.384. The lowest BCUT2D eigenvalue weighted by Crippen LogP contribution is -1.92. The molecule has 2 N–H and O–H groups in total. The number of aromatic nitrogens is 1. The molecule has 2 aromatic carbocycles. The lowest BCUT2D eigenvalue weighted by Gasteiger charge is -1.99. The number of anilines is 1. The highest BCUT2D eigenvalue weighted by molar-refractivity contribution is 6.00. The maximum Gasteiger partial charge on any atom is 0.269 e. The van der Waals surface area contributed by atoms with Gasteiger partial charge in [0.15, 0.2) is 0 Å². The maximum absolute atomic E-state index is 10.6. The number of para-hydroxylation sites is 1. The highest BCUT2D eigenvalue weighted by atomic mass is 16.6. The smallest absolute Gasteiger partial charge is 0.269 e. The van der Waals surface area contributed by atoms with E-state index < -0.39 is 4.92 Å². The van der Waals surface area contributed by atoms with Crippen molar-refractivity contribution in [1.82, 2.24) is 4.98 Å². The molecule has 0 aliphatic carbocycles. The number of rotatable bonds is 4. The fraction of sp³-hybridized carbons (Fsp3) is 0.0625. The Balaban J connectivity index is 1.79. The minimum absolute atomic E-state index is 0.0574. The molecule has 3 rings (SSSR count). The fourth-order valence-corrected chi connectivity index (χ4v) is 2.29. The molecule has 0 saturated carbocycles. The summed E-state index contributed by atoms with van der Waals surface area (Å²) < 4.78 is 0.